The van der Waals surface area contributed by atoms with Crippen LogP contribution in [0.5, 0.6) is 0 Å². The van der Waals surface area contributed by atoms with Crippen LogP contribution in [0.25, 0.3) is 0 Å². The minimum atomic E-state index is -3.70. The summed E-state index contributed by atoms with van der Waals surface area (Å²) >= 11 is 0. The molecule has 1 aromatic carbocycles. The summed E-state index contributed by atoms with van der Waals surface area (Å²) in [7, 11) is -2.45. The number of hydrogen-bond donors (Lipinski definition) is 0. The molecule has 1 aliphatic heterocycles. The van der Waals surface area contributed by atoms with E-state index in [4.69, 9.17) is 9.47 Å². The van der Waals surface area contributed by atoms with Gasteiger partial charge in [0.25, 0.3) is 11.7 Å². The van der Waals surface area contributed by atoms with Gasteiger partial charge in [0.2, 0.25) is 15.8 Å². The van der Waals surface area contributed by atoms with Gasteiger partial charge in [-0.2, -0.15) is 0 Å². The molecule has 8 heteroatoms. The van der Waals surface area contributed by atoms with E-state index in [2.05, 4.69) is 0 Å². The SMILES string of the molecule is CCS(=O)(=O)N(C)C1=C(OC(C)=O)C(=O)C(C)(c2ccccc2)O1. The Morgan fingerprint density at radius 1 is 1.29 bits per heavy atom. The van der Waals surface area contributed by atoms with E-state index in [9.17, 15) is 18.0 Å². The maximum Gasteiger partial charge on any atom is 0.308 e. The van der Waals surface area contributed by atoms with Crippen LogP contribution in [0.1, 0.15) is 26.3 Å². The molecule has 130 valence electrons. The molecule has 1 heterocycles. The number of hydrogen-bond acceptors (Lipinski definition) is 6. The molecule has 0 N–H and O–H groups in total. The van der Waals surface area contributed by atoms with Crippen LogP contribution >= 0.6 is 0 Å². The molecule has 0 aromatic heterocycles. The molecule has 2 rings (SSSR count). The van der Waals surface area contributed by atoms with Gasteiger partial charge in [0.15, 0.2) is 5.60 Å². The summed E-state index contributed by atoms with van der Waals surface area (Å²) in [5.74, 6) is -2.24. The maximum absolute atomic E-state index is 12.8. The summed E-state index contributed by atoms with van der Waals surface area (Å²) in [6, 6.07) is 8.60. The van der Waals surface area contributed by atoms with Gasteiger partial charge in [-0.1, -0.05) is 30.3 Å². The average molecular weight is 353 g/mol. The Balaban J connectivity index is 2.55. The Bertz CT molecular complexity index is 799. The van der Waals surface area contributed by atoms with Gasteiger partial charge < -0.3 is 9.47 Å². The van der Waals surface area contributed by atoms with Crippen molar-refractivity contribution in [2.75, 3.05) is 12.8 Å². The molecule has 0 saturated carbocycles. The molecule has 24 heavy (non-hydrogen) atoms. The highest BCUT2D eigenvalue weighted by molar-refractivity contribution is 7.89. The average Bonchev–Trinajstić information content (AvgIpc) is 2.80. The molecule has 0 bridgehead atoms. The quantitative estimate of drug-likeness (QED) is 0.746. The van der Waals surface area contributed by atoms with Crippen LogP contribution < -0.4 is 0 Å². The van der Waals surface area contributed by atoms with Gasteiger partial charge in [0, 0.05) is 19.5 Å². The molecule has 1 unspecified atom stereocenters. The van der Waals surface area contributed by atoms with Crippen LogP contribution in [0.2, 0.25) is 0 Å². The Labute approximate surface area is 140 Å². The van der Waals surface area contributed by atoms with Crippen molar-refractivity contribution in [3.05, 3.63) is 47.5 Å². The number of ketones is 1. The van der Waals surface area contributed by atoms with E-state index in [1.807, 2.05) is 0 Å². The highest BCUT2D eigenvalue weighted by Gasteiger charge is 2.51. The molecule has 0 aliphatic carbocycles. The largest absolute Gasteiger partial charge is 0.456 e. The summed E-state index contributed by atoms with van der Waals surface area (Å²) in [5, 5.41) is 0. The van der Waals surface area contributed by atoms with Crippen molar-refractivity contribution in [2.24, 2.45) is 0 Å². The summed E-state index contributed by atoms with van der Waals surface area (Å²) in [6.45, 7) is 4.10. The smallest absolute Gasteiger partial charge is 0.308 e. The number of benzene rings is 1. The van der Waals surface area contributed by atoms with Crippen LogP contribution in [0.4, 0.5) is 0 Å². The summed E-state index contributed by atoms with van der Waals surface area (Å²) in [4.78, 5) is 24.2. The number of ether oxygens (including phenoxy) is 2. The lowest BCUT2D eigenvalue weighted by molar-refractivity contribution is -0.142. The third-order valence-corrected chi connectivity index (χ3v) is 5.50. The minimum Gasteiger partial charge on any atom is -0.456 e. The van der Waals surface area contributed by atoms with Gasteiger partial charge in [-0.15, -0.1) is 0 Å². The molecule has 0 spiro atoms. The highest BCUT2D eigenvalue weighted by Crippen LogP contribution is 2.40. The number of sulfonamides is 1. The number of carbonyl (C=O) groups is 2. The van der Waals surface area contributed by atoms with E-state index in [0.29, 0.717) is 5.56 Å². The van der Waals surface area contributed by atoms with Crippen molar-refractivity contribution >= 4 is 21.8 Å². The van der Waals surface area contributed by atoms with Crippen LogP contribution in [0.15, 0.2) is 42.0 Å². The summed E-state index contributed by atoms with van der Waals surface area (Å²) in [5.41, 5.74) is -0.948. The van der Waals surface area contributed by atoms with Crippen molar-refractivity contribution in [3.8, 4) is 0 Å². The molecule has 1 atom stereocenters. The van der Waals surface area contributed by atoms with E-state index >= 15 is 0 Å². The van der Waals surface area contributed by atoms with E-state index in [-0.39, 0.29) is 11.6 Å². The van der Waals surface area contributed by atoms with Gasteiger partial charge in [0.05, 0.1) is 5.75 Å². The van der Waals surface area contributed by atoms with Gasteiger partial charge in [-0.05, 0) is 13.8 Å². The Hall–Kier alpha value is -2.35. The van der Waals surface area contributed by atoms with Crippen LogP contribution in [-0.4, -0.2) is 37.3 Å². The molecule has 0 radical (unpaired) electrons. The number of rotatable bonds is 5. The Kier molecular flexibility index (Phi) is 4.70. The van der Waals surface area contributed by atoms with E-state index in [1.165, 1.54) is 20.9 Å². The number of Topliss-reactive ketones (excluding diaryl/α,β-unsaturated/α-hetero) is 1. The number of esters is 1. The van der Waals surface area contributed by atoms with E-state index in [1.54, 1.807) is 30.3 Å². The predicted octanol–water partition coefficient (Wildman–Crippen LogP) is 1.51. The second-order valence-corrected chi connectivity index (χ2v) is 7.72. The monoisotopic (exact) mass is 353 g/mol. The van der Waals surface area contributed by atoms with Crippen molar-refractivity contribution in [1.82, 2.24) is 4.31 Å². The third-order valence-electron chi connectivity index (χ3n) is 3.77. The highest BCUT2D eigenvalue weighted by atomic mass is 32.2. The standard InChI is InChI=1S/C16H19NO6S/c1-5-24(20,21)17(4)15-13(22-11(2)18)14(19)16(3,23-15)12-9-7-6-8-10-12/h6-10H,5H2,1-4H3. The van der Waals surface area contributed by atoms with E-state index in [0.717, 1.165) is 11.2 Å². The summed E-state index contributed by atoms with van der Waals surface area (Å²) < 4.78 is 35.8. The van der Waals surface area contributed by atoms with E-state index < -0.39 is 33.1 Å². The molecule has 0 fully saturated rings. The fourth-order valence-corrected chi connectivity index (χ4v) is 3.07. The van der Waals surface area contributed by atoms with Gasteiger partial charge in [-0.3, -0.25) is 9.59 Å². The fraction of sp³-hybridized carbons (Fsp3) is 0.375. The minimum absolute atomic E-state index is 0.194. The molecule has 1 aliphatic rings. The van der Waals surface area contributed by atoms with Crippen molar-refractivity contribution < 1.29 is 27.5 Å². The molecule has 0 amide bonds. The zero-order valence-electron chi connectivity index (χ0n) is 13.9. The fourth-order valence-electron chi connectivity index (χ4n) is 2.31. The lowest BCUT2D eigenvalue weighted by Gasteiger charge is -2.26. The van der Waals surface area contributed by atoms with Crippen LogP contribution in [-0.2, 0) is 34.7 Å². The molecular weight excluding hydrogens is 334 g/mol. The zero-order chi connectivity index (χ0) is 18.1. The Morgan fingerprint density at radius 2 is 1.88 bits per heavy atom. The molecular formula is C16H19NO6S. The van der Waals surface area contributed by atoms with Crippen molar-refractivity contribution in [2.45, 2.75) is 26.4 Å². The third kappa shape index (κ3) is 3.01. The van der Waals surface area contributed by atoms with Crippen LogP contribution in [0, 0.1) is 0 Å². The first-order valence-corrected chi connectivity index (χ1v) is 8.93. The second kappa shape index (κ2) is 6.27. The Morgan fingerprint density at radius 3 is 2.38 bits per heavy atom. The number of carbonyl (C=O) groups excluding carboxylic acids is 2. The topological polar surface area (TPSA) is 90.0 Å². The lowest BCUT2D eigenvalue weighted by atomic mass is 9.92. The van der Waals surface area contributed by atoms with Crippen molar-refractivity contribution in [1.29, 1.82) is 0 Å². The second-order valence-electron chi connectivity index (χ2n) is 5.43. The maximum atomic E-state index is 12.8. The molecule has 7 nitrogen and oxygen atoms in total. The normalized spacial score (nSPS) is 20.8. The first-order valence-electron chi connectivity index (χ1n) is 7.32. The molecule has 1 aromatic rings. The lowest BCUT2D eigenvalue weighted by Crippen LogP contribution is -2.33. The first-order chi connectivity index (χ1) is 11.1. The van der Waals surface area contributed by atoms with Gasteiger partial charge in [0.1, 0.15) is 0 Å². The summed E-state index contributed by atoms with van der Waals surface area (Å²) in [6.07, 6.45) is 0. The van der Waals surface area contributed by atoms with Crippen molar-refractivity contribution in [3.63, 3.8) is 0 Å². The number of nitrogens with zero attached hydrogens (tertiary/aromatic N) is 1. The first kappa shape index (κ1) is 18.0. The predicted molar refractivity (Wildman–Crippen MR) is 85.9 cm³/mol. The molecule has 0 saturated heterocycles. The zero-order valence-corrected chi connectivity index (χ0v) is 14.7. The van der Waals surface area contributed by atoms with Gasteiger partial charge >= 0.3 is 5.97 Å². The van der Waals surface area contributed by atoms with Crippen LogP contribution in [0.3, 0.4) is 0 Å². The van der Waals surface area contributed by atoms with Gasteiger partial charge in [-0.25, -0.2) is 12.7 Å².